The SMILES string of the molecule is CCCCNc1nn(CCN(C)C)c(N)c1S(C)(=O)=O. The molecular formula is C12H25N5O2S. The minimum absolute atomic E-state index is 0.104. The van der Waals surface area contributed by atoms with E-state index in [0.717, 1.165) is 25.6 Å². The van der Waals surface area contributed by atoms with Crippen molar-refractivity contribution in [2.75, 3.05) is 44.5 Å². The second kappa shape index (κ2) is 6.94. The molecule has 1 rings (SSSR count). The first-order valence-corrected chi connectivity index (χ1v) is 8.61. The molecule has 0 amide bonds. The summed E-state index contributed by atoms with van der Waals surface area (Å²) < 4.78 is 25.3. The molecule has 1 aromatic rings. The van der Waals surface area contributed by atoms with Crippen LogP contribution >= 0.6 is 0 Å². The van der Waals surface area contributed by atoms with Crippen molar-refractivity contribution in [3.63, 3.8) is 0 Å². The van der Waals surface area contributed by atoms with Gasteiger partial charge in [0.2, 0.25) is 0 Å². The maximum absolute atomic E-state index is 11.9. The molecule has 3 N–H and O–H groups in total. The summed E-state index contributed by atoms with van der Waals surface area (Å²) in [5, 5.41) is 7.36. The first-order valence-electron chi connectivity index (χ1n) is 6.72. The Kier molecular flexibility index (Phi) is 5.82. The van der Waals surface area contributed by atoms with Crippen molar-refractivity contribution in [1.82, 2.24) is 14.7 Å². The van der Waals surface area contributed by atoms with Crippen molar-refractivity contribution in [1.29, 1.82) is 0 Å². The molecule has 20 heavy (non-hydrogen) atoms. The van der Waals surface area contributed by atoms with E-state index in [4.69, 9.17) is 5.73 Å². The lowest BCUT2D eigenvalue weighted by atomic mass is 10.3. The van der Waals surface area contributed by atoms with E-state index in [1.807, 2.05) is 19.0 Å². The number of nitrogens with one attached hydrogen (secondary N) is 1. The Hall–Kier alpha value is -1.28. The number of rotatable bonds is 8. The van der Waals surface area contributed by atoms with Crippen LogP contribution in [0.3, 0.4) is 0 Å². The van der Waals surface area contributed by atoms with Crippen LogP contribution in [-0.4, -0.2) is 56.5 Å². The fourth-order valence-corrected chi connectivity index (χ4v) is 2.74. The highest BCUT2D eigenvalue weighted by atomic mass is 32.2. The summed E-state index contributed by atoms with van der Waals surface area (Å²) in [7, 11) is 0.481. The molecule has 0 spiro atoms. The Morgan fingerprint density at radius 2 is 2.05 bits per heavy atom. The van der Waals surface area contributed by atoms with E-state index < -0.39 is 9.84 Å². The number of unbranched alkanes of at least 4 members (excludes halogenated alkanes) is 1. The minimum atomic E-state index is -3.40. The lowest BCUT2D eigenvalue weighted by Crippen LogP contribution is -2.20. The number of hydrogen-bond donors (Lipinski definition) is 2. The molecule has 0 aliphatic rings. The molecule has 0 atom stereocenters. The molecule has 0 unspecified atom stereocenters. The van der Waals surface area contributed by atoms with Crippen molar-refractivity contribution in [3.05, 3.63) is 0 Å². The third-order valence-electron chi connectivity index (χ3n) is 2.90. The van der Waals surface area contributed by atoms with Crippen LogP contribution in [0.15, 0.2) is 4.90 Å². The Labute approximate surface area is 121 Å². The predicted molar refractivity (Wildman–Crippen MR) is 81.7 cm³/mol. The standard InChI is InChI=1S/C12H25N5O2S/c1-5-6-7-14-12-10(20(4,18)19)11(13)17(15-12)9-8-16(2)3/h5-9,13H2,1-4H3,(H,14,15). The van der Waals surface area contributed by atoms with Crippen molar-refractivity contribution in [2.45, 2.75) is 31.2 Å². The van der Waals surface area contributed by atoms with Gasteiger partial charge in [-0.05, 0) is 20.5 Å². The third kappa shape index (κ3) is 4.38. The van der Waals surface area contributed by atoms with E-state index in [-0.39, 0.29) is 10.7 Å². The molecule has 116 valence electrons. The number of nitrogens with two attached hydrogens (primary N) is 1. The number of likely N-dealkylation sites (N-methyl/N-ethyl adjacent to an activating group) is 1. The minimum Gasteiger partial charge on any atom is -0.383 e. The van der Waals surface area contributed by atoms with E-state index >= 15 is 0 Å². The molecule has 8 heteroatoms. The lowest BCUT2D eigenvalue weighted by Gasteiger charge is -2.10. The molecule has 0 aliphatic carbocycles. The van der Waals surface area contributed by atoms with E-state index in [2.05, 4.69) is 17.3 Å². The van der Waals surface area contributed by atoms with Crippen LogP contribution in [0.4, 0.5) is 11.6 Å². The van der Waals surface area contributed by atoms with Crippen molar-refractivity contribution < 1.29 is 8.42 Å². The van der Waals surface area contributed by atoms with Crippen LogP contribution in [0.2, 0.25) is 0 Å². The molecule has 0 aromatic carbocycles. The maximum Gasteiger partial charge on any atom is 0.182 e. The van der Waals surface area contributed by atoms with Crippen molar-refractivity contribution in [3.8, 4) is 0 Å². The molecule has 7 nitrogen and oxygen atoms in total. The van der Waals surface area contributed by atoms with Gasteiger partial charge in [-0.2, -0.15) is 5.10 Å². The van der Waals surface area contributed by atoms with Gasteiger partial charge in [0.1, 0.15) is 5.82 Å². The first-order chi connectivity index (χ1) is 9.27. The number of aromatic nitrogens is 2. The van der Waals surface area contributed by atoms with Gasteiger partial charge in [0.05, 0.1) is 6.54 Å². The van der Waals surface area contributed by atoms with Gasteiger partial charge in [-0.15, -0.1) is 0 Å². The van der Waals surface area contributed by atoms with Gasteiger partial charge in [0, 0.05) is 19.3 Å². The quantitative estimate of drug-likeness (QED) is 0.685. The number of nitrogens with zero attached hydrogens (tertiary/aromatic N) is 3. The molecule has 0 saturated heterocycles. The molecular weight excluding hydrogens is 278 g/mol. The summed E-state index contributed by atoms with van der Waals surface area (Å²) in [5.41, 5.74) is 5.94. The highest BCUT2D eigenvalue weighted by Gasteiger charge is 2.23. The second-order valence-corrected chi connectivity index (χ2v) is 7.09. The van der Waals surface area contributed by atoms with Gasteiger partial charge in [0.25, 0.3) is 0 Å². The van der Waals surface area contributed by atoms with Crippen LogP contribution in [0.1, 0.15) is 19.8 Å². The molecule has 1 heterocycles. The fourth-order valence-electron chi connectivity index (χ4n) is 1.79. The van der Waals surface area contributed by atoms with Gasteiger partial charge >= 0.3 is 0 Å². The monoisotopic (exact) mass is 303 g/mol. The average Bonchev–Trinajstić information content (AvgIpc) is 2.63. The number of nitrogen functional groups attached to an aromatic ring is 1. The van der Waals surface area contributed by atoms with Crippen LogP contribution < -0.4 is 11.1 Å². The molecule has 0 bridgehead atoms. The third-order valence-corrected chi connectivity index (χ3v) is 4.04. The van der Waals surface area contributed by atoms with Crippen LogP contribution in [0.5, 0.6) is 0 Å². The van der Waals surface area contributed by atoms with E-state index in [9.17, 15) is 8.42 Å². The van der Waals surface area contributed by atoms with Gasteiger partial charge in [-0.25, -0.2) is 13.1 Å². The summed E-state index contributed by atoms with van der Waals surface area (Å²) >= 11 is 0. The highest BCUT2D eigenvalue weighted by Crippen LogP contribution is 2.27. The Balaban J connectivity index is 3.04. The van der Waals surface area contributed by atoms with Gasteiger partial charge in [0.15, 0.2) is 20.6 Å². The first kappa shape index (κ1) is 16.8. The van der Waals surface area contributed by atoms with Gasteiger partial charge < -0.3 is 16.0 Å². The topological polar surface area (TPSA) is 93.2 Å². The Morgan fingerprint density at radius 1 is 1.40 bits per heavy atom. The molecule has 0 saturated carbocycles. The van der Waals surface area contributed by atoms with Crippen LogP contribution in [-0.2, 0) is 16.4 Å². The summed E-state index contributed by atoms with van der Waals surface area (Å²) in [4.78, 5) is 2.10. The molecule has 0 aliphatic heterocycles. The predicted octanol–water partition coefficient (Wildman–Crippen LogP) is 0.642. The van der Waals surface area contributed by atoms with Gasteiger partial charge in [-0.3, -0.25) is 0 Å². The largest absolute Gasteiger partial charge is 0.383 e. The Morgan fingerprint density at radius 3 is 2.55 bits per heavy atom. The van der Waals surface area contributed by atoms with Crippen LogP contribution in [0.25, 0.3) is 0 Å². The highest BCUT2D eigenvalue weighted by molar-refractivity contribution is 7.91. The summed E-state index contributed by atoms with van der Waals surface area (Å²) in [6.45, 7) is 4.05. The zero-order valence-corrected chi connectivity index (χ0v) is 13.5. The normalized spacial score (nSPS) is 12.1. The van der Waals surface area contributed by atoms with Crippen LogP contribution in [0, 0.1) is 0 Å². The molecule has 1 aromatic heterocycles. The fraction of sp³-hybridized carbons (Fsp3) is 0.750. The second-order valence-electron chi connectivity index (χ2n) is 5.14. The lowest BCUT2D eigenvalue weighted by molar-refractivity contribution is 0.375. The smallest absolute Gasteiger partial charge is 0.182 e. The summed E-state index contributed by atoms with van der Waals surface area (Å²) in [6, 6.07) is 0. The van der Waals surface area contributed by atoms with Crippen molar-refractivity contribution >= 4 is 21.5 Å². The Bertz CT molecular complexity index is 536. The summed E-state index contributed by atoms with van der Waals surface area (Å²) in [5.74, 6) is 0.561. The number of sulfone groups is 1. The zero-order chi connectivity index (χ0) is 15.3. The number of hydrogen-bond acceptors (Lipinski definition) is 6. The number of anilines is 2. The molecule has 0 fully saturated rings. The zero-order valence-electron chi connectivity index (χ0n) is 12.7. The van der Waals surface area contributed by atoms with Gasteiger partial charge in [-0.1, -0.05) is 13.3 Å². The van der Waals surface area contributed by atoms with E-state index in [0.29, 0.717) is 18.9 Å². The summed E-state index contributed by atoms with van der Waals surface area (Å²) in [6.07, 6.45) is 3.13. The van der Waals surface area contributed by atoms with E-state index in [1.165, 1.54) is 0 Å². The van der Waals surface area contributed by atoms with Crippen molar-refractivity contribution in [2.24, 2.45) is 0 Å². The van der Waals surface area contributed by atoms with E-state index in [1.54, 1.807) is 4.68 Å². The average molecular weight is 303 g/mol. The molecule has 0 radical (unpaired) electrons. The maximum atomic E-state index is 11.9.